The summed E-state index contributed by atoms with van der Waals surface area (Å²) in [7, 11) is 0. The van der Waals surface area contributed by atoms with Gasteiger partial charge >= 0.3 is 0 Å². The molecule has 1 fully saturated rings. The van der Waals surface area contributed by atoms with Crippen LogP contribution in [0.25, 0.3) is 0 Å². The molecular formula is C21H24IN3O3. The first-order chi connectivity index (χ1) is 13.6. The molecule has 0 atom stereocenters. The molecule has 6 nitrogen and oxygen atoms in total. The lowest BCUT2D eigenvalue weighted by atomic mass is 10.2. The number of piperazine rings is 1. The topological polar surface area (TPSA) is 61.9 Å². The summed E-state index contributed by atoms with van der Waals surface area (Å²) in [6, 6.07) is 17.7. The fraction of sp³-hybridized carbons (Fsp3) is 0.333. The molecule has 1 aliphatic heterocycles. The van der Waals surface area contributed by atoms with Crippen molar-refractivity contribution in [2.75, 3.05) is 44.2 Å². The fourth-order valence-corrected chi connectivity index (χ4v) is 3.41. The Morgan fingerprint density at radius 2 is 1.64 bits per heavy atom. The molecule has 0 unspecified atom stereocenters. The van der Waals surface area contributed by atoms with Gasteiger partial charge in [0, 0.05) is 48.4 Å². The number of anilines is 1. The van der Waals surface area contributed by atoms with Gasteiger partial charge in [0.15, 0.2) is 6.61 Å². The number of rotatable bonds is 7. The van der Waals surface area contributed by atoms with E-state index >= 15 is 0 Å². The van der Waals surface area contributed by atoms with Crippen LogP contribution in [0.5, 0.6) is 5.75 Å². The van der Waals surface area contributed by atoms with E-state index in [1.165, 1.54) is 5.69 Å². The number of nitrogens with one attached hydrogen (secondary N) is 1. The van der Waals surface area contributed by atoms with Crippen LogP contribution in [0.2, 0.25) is 0 Å². The molecule has 0 saturated carbocycles. The van der Waals surface area contributed by atoms with Crippen LogP contribution < -0.4 is 15.0 Å². The van der Waals surface area contributed by atoms with Crippen LogP contribution in [0, 0.1) is 3.57 Å². The van der Waals surface area contributed by atoms with E-state index in [0.717, 1.165) is 16.7 Å². The smallest absolute Gasteiger partial charge is 0.257 e. The Kier molecular flexibility index (Phi) is 7.53. The second-order valence-corrected chi connectivity index (χ2v) is 7.79. The van der Waals surface area contributed by atoms with Gasteiger partial charge in [-0.3, -0.25) is 9.59 Å². The molecule has 7 heteroatoms. The van der Waals surface area contributed by atoms with Gasteiger partial charge in [-0.15, -0.1) is 0 Å². The summed E-state index contributed by atoms with van der Waals surface area (Å²) in [6.45, 7) is 3.34. The van der Waals surface area contributed by atoms with Crippen LogP contribution in [-0.2, 0) is 9.59 Å². The molecule has 1 N–H and O–H groups in total. The van der Waals surface area contributed by atoms with Crippen molar-refractivity contribution in [1.82, 2.24) is 10.2 Å². The van der Waals surface area contributed by atoms with Gasteiger partial charge in [0.1, 0.15) is 5.75 Å². The molecule has 0 bridgehead atoms. The Morgan fingerprint density at radius 3 is 2.32 bits per heavy atom. The minimum Gasteiger partial charge on any atom is -0.484 e. The number of carbonyl (C=O) groups is 2. The van der Waals surface area contributed by atoms with Crippen LogP contribution in [0.4, 0.5) is 5.69 Å². The maximum Gasteiger partial charge on any atom is 0.257 e. The minimum absolute atomic E-state index is 0.0511. The molecule has 148 valence electrons. The summed E-state index contributed by atoms with van der Waals surface area (Å²) in [5, 5.41) is 2.75. The zero-order valence-corrected chi connectivity index (χ0v) is 17.8. The van der Waals surface area contributed by atoms with Gasteiger partial charge in [-0.25, -0.2) is 0 Å². The average Bonchev–Trinajstić information content (AvgIpc) is 2.74. The molecule has 28 heavy (non-hydrogen) atoms. The molecule has 0 radical (unpaired) electrons. The summed E-state index contributed by atoms with van der Waals surface area (Å²) in [5.74, 6) is 0.509. The highest BCUT2D eigenvalue weighted by Gasteiger charge is 2.20. The molecule has 0 spiro atoms. The first-order valence-electron chi connectivity index (χ1n) is 9.34. The number of nitrogens with zero attached hydrogens (tertiary/aromatic N) is 2. The van der Waals surface area contributed by atoms with Gasteiger partial charge in [0.25, 0.3) is 5.91 Å². The summed E-state index contributed by atoms with van der Waals surface area (Å²) in [5.41, 5.74) is 1.19. The van der Waals surface area contributed by atoms with Crippen LogP contribution >= 0.6 is 22.6 Å². The number of para-hydroxylation sites is 1. The van der Waals surface area contributed by atoms with Crippen molar-refractivity contribution in [1.29, 1.82) is 0 Å². The Labute approximate surface area is 179 Å². The number of ether oxygens (including phenoxy) is 1. The number of hydrogen-bond donors (Lipinski definition) is 1. The average molecular weight is 493 g/mol. The van der Waals surface area contributed by atoms with Gasteiger partial charge in [-0.2, -0.15) is 0 Å². The van der Waals surface area contributed by atoms with Crippen molar-refractivity contribution < 1.29 is 14.3 Å². The first kappa shape index (κ1) is 20.4. The molecule has 1 saturated heterocycles. The van der Waals surface area contributed by atoms with E-state index in [1.807, 2.05) is 47.4 Å². The molecule has 2 aromatic rings. The quantitative estimate of drug-likeness (QED) is 0.603. The Hall–Kier alpha value is -2.29. The monoisotopic (exact) mass is 493 g/mol. The van der Waals surface area contributed by atoms with Crippen molar-refractivity contribution in [2.24, 2.45) is 0 Å². The Morgan fingerprint density at radius 1 is 0.964 bits per heavy atom. The van der Waals surface area contributed by atoms with E-state index in [9.17, 15) is 9.59 Å². The third kappa shape index (κ3) is 6.12. The van der Waals surface area contributed by atoms with E-state index in [2.05, 4.69) is 44.9 Å². The van der Waals surface area contributed by atoms with Gasteiger partial charge in [0.05, 0.1) is 0 Å². The van der Waals surface area contributed by atoms with Crippen LogP contribution in [0.3, 0.4) is 0 Å². The Balaban J connectivity index is 1.32. The minimum atomic E-state index is -0.222. The van der Waals surface area contributed by atoms with Crippen molar-refractivity contribution in [2.45, 2.75) is 6.42 Å². The van der Waals surface area contributed by atoms with E-state index in [4.69, 9.17) is 4.74 Å². The summed E-state index contributed by atoms with van der Waals surface area (Å²) >= 11 is 2.21. The molecular weight excluding hydrogens is 469 g/mol. The molecule has 2 aromatic carbocycles. The number of benzene rings is 2. The number of amides is 2. The van der Waals surface area contributed by atoms with Gasteiger partial charge in [-0.1, -0.05) is 18.2 Å². The Bertz CT molecular complexity index is 775. The maximum absolute atomic E-state index is 12.4. The van der Waals surface area contributed by atoms with E-state index in [1.54, 1.807) is 0 Å². The molecule has 0 aromatic heterocycles. The molecule has 2 amide bonds. The van der Waals surface area contributed by atoms with E-state index in [0.29, 0.717) is 31.8 Å². The normalized spacial score (nSPS) is 13.9. The molecule has 0 aliphatic carbocycles. The van der Waals surface area contributed by atoms with Crippen molar-refractivity contribution >= 4 is 40.1 Å². The summed E-state index contributed by atoms with van der Waals surface area (Å²) in [6.07, 6.45) is 0.306. The zero-order chi connectivity index (χ0) is 19.8. The highest BCUT2D eigenvalue weighted by Crippen LogP contribution is 2.16. The first-order valence-corrected chi connectivity index (χ1v) is 10.4. The largest absolute Gasteiger partial charge is 0.484 e. The molecule has 1 aliphatic rings. The maximum atomic E-state index is 12.4. The third-order valence-corrected chi connectivity index (χ3v) is 5.32. The predicted molar refractivity (Wildman–Crippen MR) is 118 cm³/mol. The van der Waals surface area contributed by atoms with E-state index < -0.39 is 0 Å². The van der Waals surface area contributed by atoms with Gasteiger partial charge in [-0.05, 0) is 59.0 Å². The number of carbonyl (C=O) groups excluding carboxylic acids is 2. The van der Waals surface area contributed by atoms with Crippen molar-refractivity contribution in [3.05, 3.63) is 58.2 Å². The van der Waals surface area contributed by atoms with Crippen molar-refractivity contribution in [3.8, 4) is 5.75 Å². The second-order valence-electron chi connectivity index (χ2n) is 6.55. The third-order valence-electron chi connectivity index (χ3n) is 4.60. The number of halogens is 1. The standard InChI is InChI=1S/C21H24IN3O3/c22-17-6-8-19(9-7-17)28-16-20(26)23-11-10-21(27)25-14-12-24(13-15-25)18-4-2-1-3-5-18/h1-9H,10-16H2,(H,23,26). The molecule has 1 heterocycles. The lowest BCUT2D eigenvalue weighted by Gasteiger charge is -2.36. The number of hydrogen-bond acceptors (Lipinski definition) is 4. The molecule has 3 rings (SSSR count). The summed E-state index contributed by atoms with van der Waals surface area (Å²) < 4.78 is 6.54. The van der Waals surface area contributed by atoms with Gasteiger partial charge < -0.3 is 19.9 Å². The summed E-state index contributed by atoms with van der Waals surface area (Å²) in [4.78, 5) is 28.4. The van der Waals surface area contributed by atoms with Crippen LogP contribution in [-0.4, -0.2) is 56.0 Å². The highest BCUT2D eigenvalue weighted by molar-refractivity contribution is 14.1. The van der Waals surface area contributed by atoms with Gasteiger partial charge in [0.2, 0.25) is 5.91 Å². The lowest BCUT2D eigenvalue weighted by molar-refractivity contribution is -0.131. The highest BCUT2D eigenvalue weighted by atomic mass is 127. The van der Waals surface area contributed by atoms with Crippen molar-refractivity contribution in [3.63, 3.8) is 0 Å². The van der Waals surface area contributed by atoms with E-state index in [-0.39, 0.29) is 18.4 Å². The second kappa shape index (κ2) is 10.3. The lowest BCUT2D eigenvalue weighted by Crippen LogP contribution is -2.49. The predicted octanol–water partition coefficient (Wildman–Crippen LogP) is 2.53. The van der Waals surface area contributed by atoms with Crippen LogP contribution in [0.1, 0.15) is 6.42 Å². The SMILES string of the molecule is O=C(COc1ccc(I)cc1)NCCC(=O)N1CCN(c2ccccc2)CC1. The fourth-order valence-electron chi connectivity index (χ4n) is 3.05. The zero-order valence-electron chi connectivity index (χ0n) is 15.6. The van der Waals surface area contributed by atoms with Crippen LogP contribution in [0.15, 0.2) is 54.6 Å².